The summed E-state index contributed by atoms with van der Waals surface area (Å²) in [6.45, 7) is 0. The second-order valence-electron chi connectivity index (χ2n) is 3.80. The van der Waals surface area contributed by atoms with E-state index in [9.17, 15) is 9.18 Å². The van der Waals surface area contributed by atoms with Crippen molar-refractivity contribution < 1.29 is 9.18 Å². The number of nitrogens with one attached hydrogen (secondary N) is 2. The predicted molar refractivity (Wildman–Crippen MR) is 74.9 cm³/mol. The third kappa shape index (κ3) is 3.35. The molecule has 0 heterocycles. The molecule has 2 rings (SSSR count). The Labute approximate surface area is 114 Å². The number of urea groups is 1. The van der Waals surface area contributed by atoms with Gasteiger partial charge in [0.15, 0.2) is 0 Å². The number of amides is 2. The fourth-order valence-electron chi connectivity index (χ4n) is 1.45. The summed E-state index contributed by atoms with van der Waals surface area (Å²) in [5.41, 5.74) is 6.54. The van der Waals surface area contributed by atoms with Crippen molar-refractivity contribution in [1.82, 2.24) is 0 Å². The highest BCUT2D eigenvalue weighted by Gasteiger charge is 2.07. The van der Waals surface area contributed by atoms with Crippen LogP contribution in [0.5, 0.6) is 0 Å². The van der Waals surface area contributed by atoms with Crippen LogP contribution in [0.4, 0.5) is 26.2 Å². The molecule has 2 aromatic rings. The summed E-state index contributed by atoms with van der Waals surface area (Å²) in [4.78, 5) is 11.7. The summed E-state index contributed by atoms with van der Waals surface area (Å²) < 4.78 is 13.3. The lowest BCUT2D eigenvalue weighted by molar-refractivity contribution is 0.262. The molecule has 0 aliphatic carbocycles. The fraction of sp³-hybridized carbons (Fsp3) is 0. The molecular formula is C13H11ClFN3O. The van der Waals surface area contributed by atoms with Gasteiger partial charge in [0.05, 0.1) is 16.4 Å². The van der Waals surface area contributed by atoms with Crippen LogP contribution in [0, 0.1) is 5.82 Å². The van der Waals surface area contributed by atoms with Crippen molar-refractivity contribution >= 4 is 34.7 Å². The molecule has 4 nitrogen and oxygen atoms in total. The van der Waals surface area contributed by atoms with Crippen LogP contribution >= 0.6 is 11.6 Å². The van der Waals surface area contributed by atoms with E-state index in [1.54, 1.807) is 18.2 Å². The maximum absolute atomic E-state index is 13.3. The van der Waals surface area contributed by atoms with Crippen molar-refractivity contribution in [2.24, 2.45) is 0 Å². The van der Waals surface area contributed by atoms with Gasteiger partial charge in [-0.3, -0.25) is 0 Å². The molecule has 4 N–H and O–H groups in total. The molecule has 0 aliphatic rings. The van der Waals surface area contributed by atoms with E-state index in [1.165, 1.54) is 24.3 Å². The first-order valence-corrected chi connectivity index (χ1v) is 5.81. The monoisotopic (exact) mass is 279 g/mol. The number of hydrogen-bond donors (Lipinski definition) is 3. The van der Waals surface area contributed by atoms with E-state index in [1.807, 2.05) is 0 Å². The zero-order valence-corrected chi connectivity index (χ0v) is 10.5. The molecule has 6 heteroatoms. The Morgan fingerprint density at radius 3 is 2.58 bits per heavy atom. The second kappa shape index (κ2) is 5.58. The maximum atomic E-state index is 13.3. The summed E-state index contributed by atoms with van der Waals surface area (Å²) in [5.74, 6) is -0.506. The molecule has 0 spiro atoms. The van der Waals surface area contributed by atoms with Crippen LogP contribution in [0.1, 0.15) is 0 Å². The van der Waals surface area contributed by atoms with E-state index in [0.29, 0.717) is 16.4 Å². The third-order valence-corrected chi connectivity index (χ3v) is 2.71. The molecule has 2 amide bonds. The van der Waals surface area contributed by atoms with Gasteiger partial charge in [-0.2, -0.15) is 0 Å². The smallest absolute Gasteiger partial charge is 0.323 e. The van der Waals surface area contributed by atoms with E-state index in [0.717, 1.165) is 0 Å². The van der Waals surface area contributed by atoms with Crippen molar-refractivity contribution in [3.63, 3.8) is 0 Å². The molecule has 0 bridgehead atoms. The first-order valence-electron chi connectivity index (χ1n) is 5.44. The molecule has 19 heavy (non-hydrogen) atoms. The quantitative estimate of drug-likeness (QED) is 0.734. The summed E-state index contributed by atoms with van der Waals surface area (Å²) >= 11 is 5.83. The minimum Gasteiger partial charge on any atom is -0.398 e. The standard InChI is InChI=1S/C13H11ClFN3O/c14-9-7-8(5-6-11(9)16)17-13(19)18-12-4-2-1-3-10(12)15/h1-7H,16H2,(H2,17,18,19). The zero-order chi connectivity index (χ0) is 13.8. The van der Waals surface area contributed by atoms with Gasteiger partial charge in [-0.25, -0.2) is 9.18 Å². The Bertz CT molecular complexity index is 619. The van der Waals surface area contributed by atoms with Crippen molar-refractivity contribution in [2.45, 2.75) is 0 Å². The first kappa shape index (κ1) is 13.2. The normalized spacial score (nSPS) is 10.0. The van der Waals surface area contributed by atoms with Crippen LogP contribution in [-0.4, -0.2) is 6.03 Å². The largest absolute Gasteiger partial charge is 0.398 e. The van der Waals surface area contributed by atoms with Crippen LogP contribution in [0.15, 0.2) is 42.5 Å². The van der Waals surface area contributed by atoms with E-state index in [2.05, 4.69) is 10.6 Å². The summed E-state index contributed by atoms with van der Waals surface area (Å²) in [7, 11) is 0. The van der Waals surface area contributed by atoms with Gasteiger partial charge in [0.1, 0.15) is 5.82 Å². The number of carbonyl (C=O) groups excluding carboxylic acids is 1. The van der Waals surface area contributed by atoms with Crippen LogP contribution in [-0.2, 0) is 0 Å². The van der Waals surface area contributed by atoms with Gasteiger partial charge in [-0.05, 0) is 30.3 Å². The molecule has 0 radical (unpaired) electrons. The van der Waals surface area contributed by atoms with Crippen molar-refractivity contribution in [3.05, 3.63) is 53.3 Å². The number of carbonyl (C=O) groups is 1. The number of hydrogen-bond acceptors (Lipinski definition) is 2. The lowest BCUT2D eigenvalue weighted by Gasteiger charge is -2.09. The van der Waals surface area contributed by atoms with Gasteiger partial charge in [0, 0.05) is 5.69 Å². The van der Waals surface area contributed by atoms with Gasteiger partial charge >= 0.3 is 6.03 Å². The summed E-state index contributed by atoms with van der Waals surface area (Å²) in [6, 6.07) is 10.0. The predicted octanol–water partition coefficient (Wildman–Crippen LogP) is 3.71. The van der Waals surface area contributed by atoms with Crippen LogP contribution in [0.2, 0.25) is 5.02 Å². The number of benzene rings is 2. The molecular weight excluding hydrogens is 269 g/mol. The molecule has 2 aromatic carbocycles. The molecule has 98 valence electrons. The molecule has 0 aromatic heterocycles. The Balaban J connectivity index is 2.05. The number of para-hydroxylation sites is 1. The molecule has 0 unspecified atom stereocenters. The highest BCUT2D eigenvalue weighted by Crippen LogP contribution is 2.22. The maximum Gasteiger partial charge on any atom is 0.323 e. The summed E-state index contributed by atoms with van der Waals surface area (Å²) in [6.07, 6.45) is 0. The van der Waals surface area contributed by atoms with E-state index in [4.69, 9.17) is 17.3 Å². The highest BCUT2D eigenvalue weighted by molar-refractivity contribution is 6.33. The highest BCUT2D eigenvalue weighted by atomic mass is 35.5. The average molecular weight is 280 g/mol. The molecule has 0 fully saturated rings. The average Bonchev–Trinajstić information content (AvgIpc) is 2.37. The summed E-state index contributed by atoms with van der Waals surface area (Å²) in [5, 5.41) is 5.26. The Morgan fingerprint density at radius 1 is 1.16 bits per heavy atom. The lowest BCUT2D eigenvalue weighted by Crippen LogP contribution is -2.20. The van der Waals surface area contributed by atoms with Crippen LogP contribution in [0.25, 0.3) is 0 Å². The minimum atomic E-state index is -0.564. The van der Waals surface area contributed by atoms with Gasteiger partial charge in [0.25, 0.3) is 0 Å². The Morgan fingerprint density at radius 2 is 1.89 bits per heavy atom. The van der Waals surface area contributed by atoms with E-state index in [-0.39, 0.29) is 5.69 Å². The van der Waals surface area contributed by atoms with Crippen molar-refractivity contribution in [3.8, 4) is 0 Å². The Hall–Kier alpha value is -2.27. The number of anilines is 3. The fourth-order valence-corrected chi connectivity index (χ4v) is 1.63. The van der Waals surface area contributed by atoms with Gasteiger partial charge in [-0.15, -0.1) is 0 Å². The van der Waals surface area contributed by atoms with Gasteiger partial charge < -0.3 is 16.4 Å². The zero-order valence-electron chi connectivity index (χ0n) is 9.78. The second-order valence-corrected chi connectivity index (χ2v) is 4.20. The SMILES string of the molecule is Nc1ccc(NC(=O)Nc2ccccc2F)cc1Cl. The number of nitrogens with two attached hydrogens (primary N) is 1. The van der Waals surface area contributed by atoms with Crippen molar-refractivity contribution in [2.75, 3.05) is 16.4 Å². The third-order valence-electron chi connectivity index (χ3n) is 2.38. The minimum absolute atomic E-state index is 0.0986. The molecule has 0 saturated heterocycles. The number of halogens is 2. The number of rotatable bonds is 2. The van der Waals surface area contributed by atoms with Gasteiger partial charge in [-0.1, -0.05) is 23.7 Å². The van der Waals surface area contributed by atoms with E-state index >= 15 is 0 Å². The van der Waals surface area contributed by atoms with Gasteiger partial charge in [0.2, 0.25) is 0 Å². The van der Waals surface area contributed by atoms with E-state index < -0.39 is 11.8 Å². The first-order chi connectivity index (χ1) is 9.06. The lowest BCUT2D eigenvalue weighted by atomic mass is 10.3. The molecule has 0 aliphatic heterocycles. The van der Waals surface area contributed by atoms with Crippen LogP contribution < -0.4 is 16.4 Å². The Kier molecular flexibility index (Phi) is 3.87. The molecule has 0 saturated carbocycles. The van der Waals surface area contributed by atoms with Crippen molar-refractivity contribution in [1.29, 1.82) is 0 Å². The van der Waals surface area contributed by atoms with Crippen LogP contribution in [0.3, 0.4) is 0 Å². The molecule has 0 atom stereocenters. The topological polar surface area (TPSA) is 67.1 Å². The number of nitrogen functional groups attached to an aromatic ring is 1.